The number of aryl methyl sites for hydroxylation is 1. The quantitative estimate of drug-likeness (QED) is 0.140. The lowest BCUT2D eigenvalue weighted by Crippen LogP contribution is -2.29. The fourth-order valence-corrected chi connectivity index (χ4v) is 5.21. The molecule has 0 spiro atoms. The van der Waals surface area contributed by atoms with Crippen LogP contribution in [0.4, 0.5) is 11.5 Å². The molecular formula is C30H32Cl4N2O8. The summed E-state index contributed by atoms with van der Waals surface area (Å²) in [4.78, 5) is 27.8. The van der Waals surface area contributed by atoms with E-state index in [9.17, 15) is 19.8 Å². The molecule has 0 fully saturated rings. The second kappa shape index (κ2) is 17.5. The minimum absolute atomic E-state index is 0.00321. The Morgan fingerprint density at radius 3 is 1.98 bits per heavy atom. The molecule has 0 bridgehead atoms. The Hall–Kier alpha value is -2.99. The molecule has 2 aromatic carbocycles. The number of aliphatic hydroxyl groups is 2. The van der Waals surface area contributed by atoms with E-state index in [2.05, 4.69) is 15.0 Å². The molecule has 3 rings (SSSR count). The molecule has 0 saturated carbocycles. The normalized spacial score (nSPS) is 12.3. The monoisotopic (exact) mass is 688 g/mol. The first-order valence-corrected chi connectivity index (χ1v) is 15.1. The molecule has 0 saturated heterocycles. The van der Waals surface area contributed by atoms with E-state index >= 15 is 0 Å². The number of methoxy groups -OCH3 is 1. The van der Waals surface area contributed by atoms with Crippen LogP contribution in [0.15, 0.2) is 42.6 Å². The lowest BCUT2D eigenvalue weighted by atomic mass is 10.1. The molecule has 238 valence electrons. The first kappa shape index (κ1) is 35.5. The number of hydrogen-bond acceptors (Lipinski definition) is 10. The molecular weight excluding hydrogens is 658 g/mol. The Labute approximate surface area is 275 Å². The van der Waals surface area contributed by atoms with Crippen LogP contribution in [0.5, 0.6) is 11.5 Å². The van der Waals surface area contributed by atoms with Gasteiger partial charge in [0.05, 0.1) is 59.2 Å². The first-order valence-electron chi connectivity index (χ1n) is 13.6. The van der Waals surface area contributed by atoms with Crippen LogP contribution in [-0.4, -0.2) is 66.3 Å². The number of rotatable bonds is 16. The Bertz CT molecular complexity index is 1400. The maximum Gasteiger partial charge on any atom is 0.341 e. The maximum atomic E-state index is 12.2. The molecule has 3 aromatic rings. The topological polar surface area (TPSA) is 136 Å². The third-order valence-electron chi connectivity index (χ3n) is 6.23. The number of ether oxygens (including phenoxy) is 4. The Kier molecular flexibility index (Phi) is 14.1. The second-order valence-corrected chi connectivity index (χ2v) is 11.0. The average Bonchev–Trinajstić information content (AvgIpc) is 2.98. The Balaban J connectivity index is 1.49. The minimum Gasteiger partial charge on any atom is -0.490 e. The zero-order valence-electron chi connectivity index (χ0n) is 23.9. The molecule has 1 aromatic heterocycles. The fourth-order valence-electron chi connectivity index (χ4n) is 3.98. The van der Waals surface area contributed by atoms with Gasteiger partial charge >= 0.3 is 11.9 Å². The number of carbonyl (C=O) groups is 2. The summed E-state index contributed by atoms with van der Waals surface area (Å²) in [6.45, 7) is 1.96. The Morgan fingerprint density at radius 1 is 0.909 bits per heavy atom. The third kappa shape index (κ3) is 10.3. The summed E-state index contributed by atoms with van der Waals surface area (Å²) in [6.07, 6.45) is 0.00982. The summed E-state index contributed by atoms with van der Waals surface area (Å²) in [5.41, 5.74) is 1.45. The SMILES string of the molecule is CCOC(=O)c1cccnc1Nc1cc(Cl)c(OCCC(O)C(O)CCOc2c(Cl)cc(CCC(=O)OC)cc2Cl)c(Cl)c1. The number of pyridine rings is 1. The van der Waals surface area contributed by atoms with Crippen molar-refractivity contribution in [2.24, 2.45) is 0 Å². The number of anilines is 2. The van der Waals surface area contributed by atoms with Crippen molar-refractivity contribution in [3.05, 3.63) is 73.8 Å². The number of halogens is 4. The van der Waals surface area contributed by atoms with Gasteiger partial charge < -0.3 is 34.5 Å². The first-order chi connectivity index (χ1) is 21.0. The Morgan fingerprint density at radius 2 is 1.45 bits per heavy atom. The van der Waals surface area contributed by atoms with Gasteiger partial charge in [0.25, 0.3) is 0 Å². The van der Waals surface area contributed by atoms with E-state index in [1.807, 2.05) is 0 Å². The number of aromatic nitrogens is 1. The molecule has 0 aliphatic rings. The van der Waals surface area contributed by atoms with Crippen molar-refractivity contribution in [1.82, 2.24) is 4.98 Å². The number of esters is 2. The number of carbonyl (C=O) groups excluding carboxylic acids is 2. The smallest absolute Gasteiger partial charge is 0.341 e. The van der Waals surface area contributed by atoms with Crippen molar-refractivity contribution < 1.29 is 38.7 Å². The predicted octanol–water partition coefficient (Wildman–Crippen LogP) is 6.68. The van der Waals surface area contributed by atoms with Crippen LogP contribution in [0.3, 0.4) is 0 Å². The number of benzene rings is 2. The maximum absolute atomic E-state index is 12.2. The van der Waals surface area contributed by atoms with Crippen molar-refractivity contribution in [3.63, 3.8) is 0 Å². The van der Waals surface area contributed by atoms with E-state index in [0.29, 0.717) is 12.1 Å². The van der Waals surface area contributed by atoms with E-state index < -0.39 is 18.2 Å². The second-order valence-electron chi connectivity index (χ2n) is 9.39. The van der Waals surface area contributed by atoms with E-state index in [4.69, 9.17) is 60.6 Å². The van der Waals surface area contributed by atoms with Gasteiger partial charge in [0.2, 0.25) is 0 Å². The van der Waals surface area contributed by atoms with Crippen molar-refractivity contribution in [3.8, 4) is 11.5 Å². The van der Waals surface area contributed by atoms with Gasteiger partial charge in [-0.15, -0.1) is 0 Å². The van der Waals surface area contributed by atoms with Gasteiger partial charge in [-0.2, -0.15) is 0 Å². The van der Waals surface area contributed by atoms with Crippen molar-refractivity contribution in [1.29, 1.82) is 0 Å². The molecule has 3 N–H and O–H groups in total. The zero-order valence-corrected chi connectivity index (χ0v) is 27.0. The molecule has 0 amide bonds. The molecule has 0 aliphatic heterocycles. The average molecular weight is 690 g/mol. The fraction of sp³-hybridized carbons (Fsp3) is 0.367. The highest BCUT2D eigenvalue weighted by molar-refractivity contribution is 6.38. The molecule has 14 heteroatoms. The van der Waals surface area contributed by atoms with Gasteiger partial charge in [0.15, 0.2) is 11.5 Å². The van der Waals surface area contributed by atoms with Gasteiger partial charge in [-0.3, -0.25) is 4.79 Å². The van der Waals surface area contributed by atoms with Crippen LogP contribution in [0, 0.1) is 0 Å². The van der Waals surface area contributed by atoms with Crippen LogP contribution in [0.25, 0.3) is 0 Å². The largest absolute Gasteiger partial charge is 0.490 e. The van der Waals surface area contributed by atoms with E-state index in [-0.39, 0.29) is 88.0 Å². The number of hydrogen-bond donors (Lipinski definition) is 3. The lowest BCUT2D eigenvalue weighted by Gasteiger charge is -2.19. The van der Waals surface area contributed by atoms with Gasteiger partial charge in [-0.1, -0.05) is 46.4 Å². The molecule has 0 radical (unpaired) electrons. The van der Waals surface area contributed by atoms with Crippen LogP contribution >= 0.6 is 46.4 Å². The van der Waals surface area contributed by atoms with Crippen LogP contribution in [0.2, 0.25) is 20.1 Å². The van der Waals surface area contributed by atoms with Crippen LogP contribution < -0.4 is 14.8 Å². The summed E-state index contributed by atoms with van der Waals surface area (Å²) >= 11 is 25.4. The molecule has 10 nitrogen and oxygen atoms in total. The van der Waals surface area contributed by atoms with Gasteiger partial charge in [-0.25, -0.2) is 9.78 Å². The van der Waals surface area contributed by atoms with Crippen molar-refractivity contribution in [2.45, 2.75) is 44.8 Å². The lowest BCUT2D eigenvalue weighted by molar-refractivity contribution is -0.140. The number of nitrogens with zero attached hydrogens (tertiary/aromatic N) is 1. The third-order valence-corrected chi connectivity index (χ3v) is 7.35. The molecule has 2 atom stereocenters. The summed E-state index contributed by atoms with van der Waals surface area (Å²) in [6, 6.07) is 9.60. The highest BCUT2D eigenvalue weighted by Crippen LogP contribution is 2.37. The molecule has 44 heavy (non-hydrogen) atoms. The number of aliphatic hydroxyl groups excluding tert-OH is 2. The zero-order chi connectivity index (χ0) is 32.2. The van der Waals surface area contributed by atoms with Crippen LogP contribution in [0.1, 0.15) is 42.1 Å². The summed E-state index contributed by atoms with van der Waals surface area (Å²) in [5.74, 6) is -0.175. The highest BCUT2D eigenvalue weighted by atomic mass is 35.5. The van der Waals surface area contributed by atoms with E-state index in [0.717, 1.165) is 5.56 Å². The highest BCUT2D eigenvalue weighted by Gasteiger charge is 2.20. The van der Waals surface area contributed by atoms with Gasteiger partial charge in [0, 0.05) is 31.1 Å². The van der Waals surface area contributed by atoms with Crippen molar-refractivity contribution >= 4 is 69.8 Å². The summed E-state index contributed by atoms with van der Waals surface area (Å²) in [5, 5.41) is 24.7. The predicted molar refractivity (Wildman–Crippen MR) is 169 cm³/mol. The van der Waals surface area contributed by atoms with Gasteiger partial charge in [-0.05, 0) is 55.3 Å². The van der Waals surface area contributed by atoms with Crippen molar-refractivity contribution in [2.75, 3.05) is 32.2 Å². The van der Waals surface area contributed by atoms with Gasteiger partial charge in [0.1, 0.15) is 11.4 Å². The molecule has 0 aliphatic carbocycles. The van der Waals surface area contributed by atoms with E-state index in [1.54, 1.807) is 43.3 Å². The standard InChI is InChI=1S/C30H32Cl4N2O8/c1-3-42-30(40)19-5-4-10-35-29(19)36-18-15-22(33)28(23(34)16-18)44-12-9-25(38)24(37)8-11-43-27-20(31)13-17(14-21(27)32)6-7-26(39)41-2/h4-5,10,13-16,24-25,37-38H,3,6-9,11-12H2,1-2H3,(H,35,36). The molecule has 2 unspecified atom stereocenters. The number of nitrogens with one attached hydrogen (secondary N) is 1. The summed E-state index contributed by atoms with van der Waals surface area (Å²) in [7, 11) is 1.32. The summed E-state index contributed by atoms with van der Waals surface area (Å²) < 4.78 is 21.1. The van der Waals surface area contributed by atoms with E-state index in [1.165, 1.54) is 13.3 Å². The minimum atomic E-state index is -1.13. The molecule has 1 heterocycles. The van der Waals surface area contributed by atoms with Crippen LogP contribution in [-0.2, 0) is 20.7 Å².